The van der Waals surface area contributed by atoms with E-state index in [1.165, 1.54) is 10.7 Å². The van der Waals surface area contributed by atoms with Crippen molar-refractivity contribution in [3.63, 3.8) is 0 Å². The lowest BCUT2D eigenvalue weighted by Crippen LogP contribution is -2.38. The lowest BCUT2D eigenvalue weighted by atomic mass is 10.2. The Morgan fingerprint density at radius 1 is 1.32 bits per heavy atom. The highest BCUT2D eigenvalue weighted by Gasteiger charge is 2.18. The Hall–Kier alpha value is -2.41. The summed E-state index contributed by atoms with van der Waals surface area (Å²) >= 11 is 0. The Bertz CT molecular complexity index is 524. The predicted octanol–water partition coefficient (Wildman–Crippen LogP) is 0.552. The molecule has 2 aliphatic heterocycles. The molecule has 0 radical (unpaired) electrons. The molecule has 0 saturated carbocycles. The second-order valence-corrected chi connectivity index (χ2v) is 4.09. The number of fused-ring (bicyclic) bond motifs is 1. The summed E-state index contributed by atoms with van der Waals surface area (Å²) in [6.07, 6.45) is 9.15. The average molecular weight is 258 g/mol. The smallest absolute Gasteiger partial charge is 0.233 e. The molecule has 0 aromatic carbocycles. The van der Waals surface area contributed by atoms with E-state index < -0.39 is 0 Å². The van der Waals surface area contributed by atoms with E-state index in [1.54, 1.807) is 12.3 Å². The van der Waals surface area contributed by atoms with Gasteiger partial charge in [0, 0.05) is 18.5 Å². The van der Waals surface area contributed by atoms with Gasteiger partial charge in [0.25, 0.3) is 0 Å². The van der Waals surface area contributed by atoms with Crippen LogP contribution in [0.5, 0.6) is 0 Å². The van der Waals surface area contributed by atoms with Crippen molar-refractivity contribution in [2.45, 2.75) is 12.8 Å². The minimum atomic E-state index is 0.571. The van der Waals surface area contributed by atoms with Crippen molar-refractivity contribution in [3.05, 3.63) is 42.2 Å². The number of aromatic nitrogens is 1. The maximum absolute atomic E-state index is 5.59. The Morgan fingerprint density at radius 3 is 3.21 bits per heavy atom. The van der Waals surface area contributed by atoms with Crippen LogP contribution in [0.4, 0.5) is 0 Å². The number of hydrogen-bond donors (Lipinski definition) is 2. The highest BCUT2D eigenvalue weighted by atomic mass is 16.5. The second kappa shape index (κ2) is 5.49. The summed E-state index contributed by atoms with van der Waals surface area (Å²) in [4.78, 5) is 4.08. The second-order valence-electron chi connectivity index (χ2n) is 4.09. The van der Waals surface area contributed by atoms with Gasteiger partial charge in [-0.1, -0.05) is 6.07 Å². The van der Waals surface area contributed by atoms with Crippen LogP contribution in [0.2, 0.25) is 0 Å². The maximum atomic E-state index is 5.59. The lowest BCUT2D eigenvalue weighted by molar-refractivity contribution is 0.262. The van der Waals surface area contributed by atoms with Crippen molar-refractivity contribution >= 4 is 11.7 Å². The van der Waals surface area contributed by atoms with Gasteiger partial charge in [-0.15, -0.1) is 15.7 Å². The molecule has 0 spiro atoms. The summed E-state index contributed by atoms with van der Waals surface area (Å²) in [5.41, 5.74) is 6.59. The Kier molecular flexibility index (Phi) is 3.37. The third kappa shape index (κ3) is 2.89. The van der Waals surface area contributed by atoms with E-state index in [2.05, 4.69) is 32.3 Å². The quantitative estimate of drug-likeness (QED) is 0.772. The molecule has 0 unspecified atom stereocenters. The van der Waals surface area contributed by atoms with Crippen molar-refractivity contribution in [1.29, 1.82) is 0 Å². The van der Waals surface area contributed by atoms with Gasteiger partial charge in [-0.3, -0.25) is 4.98 Å². The molecule has 2 aliphatic rings. The fraction of sp³-hybridized carbons (Fsp3) is 0.250. The largest absolute Gasteiger partial charge is 0.477 e. The van der Waals surface area contributed by atoms with E-state index in [0.29, 0.717) is 18.3 Å². The molecule has 3 heterocycles. The van der Waals surface area contributed by atoms with Gasteiger partial charge in [0.15, 0.2) is 5.84 Å². The number of ether oxygens (including phenoxy) is 1. The Morgan fingerprint density at radius 2 is 2.32 bits per heavy atom. The topological polar surface area (TPSA) is 74.1 Å². The minimum absolute atomic E-state index is 0.571. The molecule has 0 amide bonds. The van der Waals surface area contributed by atoms with Crippen molar-refractivity contribution in [1.82, 2.24) is 21.2 Å². The van der Waals surface area contributed by atoms with Crippen LogP contribution in [0.15, 0.2) is 46.9 Å². The molecule has 0 atom stereocenters. The van der Waals surface area contributed by atoms with Gasteiger partial charge in [-0.05, 0) is 30.5 Å². The number of hydrogen-bond acceptors (Lipinski definition) is 7. The van der Waals surface area contributed by atoms with E-state index in [-0.39, 0.29) is 0 Å². The average Bonchev–Trinajstić information content (AvgIpc) is 2.92. The molecule has 19 heavy (non-hydrogen) atoms. The minimum Gasteiger partial charge on any atom is -0.477 e. The zero-order chi connectivity index (χ0) is 12.9. The van der Waals surface area contributed by atoms with E-state index in [9.17, 15) is 0 Å². The number of nitrogens with zero attached hydrogens (tertiary/aromatic N) is 4. The molecule has 0 saturated heterocycles. The molecule has 1 aromatic heterocycles. The predicted molar refractivity (Wildman–Crippen MR) is 70.6 cm³/mol. The van der Waals surface area contributed by atoms with Crippen LogP contribution >= 0.6 is 0 Å². The highest BCUT2D eigenvalue weighted by molar-refractivity contribution is 6.03. The number of nitrogens with one attached hydrogen (secondary N) is 2. The Balaban J connectivity index is 1.44. The summed E-state index contributed by atoms with van der Waals surface area (Å²) in [6, 6.07) is 4.00. The molecule has 1 aromatic rings. The van der Waals surface area contributed by atoms with E-state index in [1.807, 2.05) is 18.3 Å². The molecular weight excluding hydrogens is 244 g/mol. The molecule has 3 rings (SSSR count). The third-order valence-electron chi connectivity index (χ3n) is 2.70. The SMILES string of the molecule is C1=CC2=NNNN2N=C1OCCCc1cccnc1. The maximum Gasteiger partial charge on any atom is 0.233 e. The van der Waals surface area contributed by atoms with Gasteiger partial charge in [0.2, 0.25) is 5.90 Å². The van der Waals surface area contributed by atoms with Gasteiger partial charge in [-0.25, -0.2) is 5.53 Å². The van der Waals surface area contributed by atoms with E-state index in [4.69, 9.17) is 4.74 Å². The first-order chi connectivity index (χ1) is 9.42. The van der Waals surface area contributed by atoms with Crippen molar-refractivity contribution in [3.8, 4) is 0 Å². The number of hydrazine groups is 2. The van der Waals surface area contributed by atoms with Crippen molar-refractivity contribution in [2.24, 2.45) is 10.2 Å². The first-order valence-electron chi connectivity index (χ1n) is 6.09. The van der Waals surface area contributed by atoms with Crippen LogP contribution in [0.1, 0.15) is 12.0 Å². The van der Waals surface area contributed by atoms with Gasteiger partial charge in [0.05, 0.1) is 6.61 Å². The summed E-state index contributed by atoms with van der Waals surface area (Å²) in [7, 11) is 0. The third-order valence-corrected chi connectivity index (χ3v) is 2.70. The lowest BCUT2D eigenvalue weighted by Gasteiger charge is -2.16. The monoisotopic (exact) mass is 258 g/mol. The standard InChI is InChI=1S/C12H14N6O/c1-3-10(9-13-7-1)4-2-8-19-12-6-5-11-14-16-17-18(11)15-12/h1,3,5-7,9,16-17H,2,4,8H2. The summed E-state index contributed by atoms with van der Waals surface area (Å²) in [5.74, 6) is 1.28. The van der Waals surface area contributed by atoms with Crippen LogP contribution in [0.25, 0.3) is 0 Å². The fourth-order valence-corrected chi connectivity index (χ4v) is 1.77. The van der Waals surface area contributed by atoms with Crippen LogP contribution < -0.4 is 11.1 Å². The highest BCUT2D eigenvalue weighted by Crippen LogP contribution is 2.05. The molecule has 0 fully saturated rings. The number of aryl methyl sites for hydroxylation is 1. The first-order valence-corrected chi connectivity index (χ1v) is 6.09. The van der Waals surface area contributed by atoms with Crippen molar-refractivity contribution < 1.29 is 4.74 Å². The molecule has 0 aliphatic carbocycles. The summed E-state index contributed by atoms with van der Waals surface area (Å²) in [6.45, 7) is 0.617. The van der Waals surface area contributed by atoms with Crippen LogP contribution in [-0.2, 0) is 11.2 Å². The number of hydrazone groups is 2. The van der Waals surface area contributed by atoms with E-state index >= 15 is 0 Å². The van der Waals surface area contributed by atoms with Gasteiger partial charge in [-0.2, -0.15) is 5.12 Å². The molecule has 98 valence electrons. The first kappa shape index (κ1) is 11.7. The van der Waals surface area contributed by atoms with Gasteiger partial charge < -0.3 is 4.74 Å². The fourth-order valence-electron chi connectivity index (χ4n) is 1.77. The molecule has 0 bridgehead atoms. The number of amidine groups is 1. The Labute approximate surface area is 110 Å². The molecule has 2 N–H and O–H groups in total. The normalized spacial score (nSPS) is 16.5. The summed E-state index contributed by atoms with van der Waals surface area (Å²) in [5, 5.41) is 9.69. The van der Waals surface area contributed by atoms with Gasteiger partial charge >= 0.3 is 0 Å². The molecule has 7 heteroatoms. The number of rotatable bonds is 4. The van der Waals surface area contributed by atoms with Crippen LogP contribution in [-0.4, -0.2) is 28.4 Å². The van der Waals surface area contributed by atoms with E-state index in [0.717, 1.165) is 12.8 Å². The number of pyridine rings is 1. The van der Waals surface area contributed by atoms with Crippen LogP contribution in [0.3, 0.4) is 0 Å². The molecule has 7 nitrogen and oxygen atoms in total. The summed E-state index contributed by atoms with van der Waals surface area (Å²) < 4.78 is 5.59. The zero-order valence-electron chi connectivity index (χ0n) is 10.3. The van der Waals surface area contributed by atoms with Crippen LogP contribution in [0, 0.1) is 0 Å². The van der Waals surface area contributed by atoms with Crippen molar-refractivity contribution in [2.75, 3.05) is 6.61 Å². The van der Waals surface area contributed by atoms with Gasteiger partial charge in [0.1, 0.15) is 0 Å². The zero-order valence-corrected chi connectivity index (χ0v) is 10.3. The molecular formula is C12H14N6O.